The number of pyridine rings is 1. The predicted molar refractivity (Wildman–Crippen MR) is 65.2 cm³/mol. The molecule has 0 aliphatic rings. The van der Waals surface area contributed by atoms with E-state index in [4.69, 9.17) is 5.11 Å². The minimum absolute atomic E-state index is 0.153. The van der Waals surface area contributed by atoms with Gasteiger partial charge in [0, 0.05) is 6.20 Å². The van der Waals surface area contributed by atoms with E-state index >= 15 is 0 Å². The van der Waals surface area contributed by atoms with Gasteiger partial charge in [-0.2, -0.15) is 5.10 Å². The van der Waals surface area contributed by atoms with Crippen molar-refractivity contribution in [3.8, 4) is 11.5 Å². The van der Waals surface area contributed by atoms with Crippen molar-refractivity contribution in [2.75, 3.05) is 5.43 Å². The van der Waals surface area contributed by atoms with Crippen LogP contribution in [0, 0.1) is 0 Å². The average Bonchev–Trinajstić information content (AvgIpc) is 2.35. The van der Waals surface area contributed by atoms with E-state index in [1.54, 1.807) is 18.3 Å². The Hall–Kier alpha value is -2.56. The molecule has 0 fully saturated rings. The first-order valence-electron chi connectivity index (χ1n) is 4.98. The van der Waals surface area contributed by atoms with Gasteiger partial charge in [0.15, 0.2) is 11.5 Å². The predicted octanol–water partition coefficient (Wildman–Crippen LogP) is 1.94. The maximum absolute atomic E-state index is 9.27. The lowest BCUT2D eigenvalue weighted by molar-refractivity contribution is 0.403. The third-order valence-electron chi connectivity index (χ3n) is 2.06. The Morgan fingerprint density at radius 1 is 1.12 bits per heavy atom. The molecule has 86 valence electrons. The van der Waals surface area contributed by atoms with E-state index in [2.05, 4.69) is 15.5 Å². The highest BCUT2D eigenvalue weighted by atomic mass is 16.3. The summed E-state index contributed by atoms with van der Waals surface area (Å²) in [5, 5.41) is 22.4. The highest BCUT2D eigenvalue weighted by Crippen LogP contribution is 2.23. The molecule has 3 N–H and O–H groups in total. The maximum atomic E-state index is 9.27. The van der Waals surface area contributed by atoms with E-state index in [9.17, 15) is 5.11 Å². The number of hydrogen-bond acceptors (Lipinski definition) is 5. The summed E-state index contributed by atoms with van der Waals surface area (Å²) < 4.78 is 0. The number of nitrogens with one attached hydrogen (secondary N) is 1. The lowest BCUT2D eigenvalue weighted by atomic mass is 10.2. The minimum atomic E-state index is -0.174. The zero-order chi connectivity index (χ0) is 12.1. The molecule has 0 spiro atoms. The Labute approximate surface area is 98.1 Å². The Morgan fingerprint density at radius 3 is 2.71 bits per heavy atom. The average molecular weight is 229 g/mol. The van der Waals surface area contributed by atoms with Crippen LogP contribution in [0.25, 0.3) is 0 Å². The van der Waals surface area contributed by atoms with Crippen molar-refractivity contribution in [3.63, 3.8) is 0 Å². The number of hydrogen-bond donors (Lipinski definition) is 3. The highest BCUT2D eigenvalue weighted by molar-refractivity contribution is 5.81. The Morgan fingerprint density at radius 2 is 2.00 bits per heavy atom. The molecule has 0 aliphatic carbocycles. The van der Waals surface area contributed by atoms with Crippen LogP contribution in [0.3, 0.4) is 0 Å². The zero-order valence-corrected chi connectivity index (χ0v) is 8.91. The molecule has 0 aliphatic heterocycles. The molecule has 2 aromatic rings. The van der Waals surface area contributed by atoms with E-state index in [0.29, 0.717) is 11.4 Å². The van der Waals surface area contributed by atoms with Crippen molar-refractivity contribution in [1.29, 1.82) is 0 Å². The van der Waals surface area contributed by atoms with Crippen LogP contribution >= 0.6 is 0 Å². The van der Waals surface area contributed by atoms with Gasteiger partial charge in [-0.05, 0) is 35.9 Å². The summed E-state index contributed by atoms with van der Waals surface area (Å²) in [7, 11) is 0. The van der Waals surface area contributed by atoms with E-state index < -0.39 is 0 Å². The summed E-state index contributed by atoms with van der Waals surface area (Å²) in [6, 6.07) is 9.89. The first-order chi connectivity index (χ1) is 8.25. The van der Waals surface area contributed by atoms with E-state index in [1.807, 2.05) is 12.1 Å². The van der Waals surface area contributed by atoms with Crippen LogP contribution in [-0.2, 0) is 0 Å². The largest absolute Gasteiger partial charge is 0.504 e. The van der Waals surface area contributed by atoms with Gasteiger partial charge in [0.2, 0.25) is 0 Å². The smallest absolute Gasteiger partial charge is 0.158 e. The van der Waals surface area contributed by atoms with E-state index in [1.165, 1.54) is 18.3 Å². The molecule has 1 aromatic carbocycles. The van der Waals surface area contributed by atoms with Crippen LogP contribution in [0.1, 0.15) is 5.56 Å². The number of hydrazone groups is 1. The standard InChI is InChI=1S/C12H11N3O2/c16-10-5-4-9(7-11(10)17)8-14-15-12-3-1-2-6-13-12/h1-8,16-17H,(H,13,15)/b14-8+. The van der Waals surface area contributed by atoms with Crippen LogP contribution in [0.5, 0.6) is 11.5 Å². The molecule has 0 bridgehead atoms. The van der Waals surface area contributed by atoms with Gasteiger partial charge in [-0.25, -0.2) is 4.98 Å². The van der Waals surface area contributed by atoms with Crippen LogP contribution in [-0.4, -0.2) is 21.4 Å². The lowest BCUT2D eigenvalue weighted by Gasteiger charge is -1.99. The fourth-order valence-electron chi connectivity index (χ4n) is 1.22. The summed E-state index contributed by atoms with van der Waals surface area (Å²) in [5.74, 6) is 0.304. The summed E-state index contributed by atoms with van der Waals surface area (Å²) in [5.41, 5.74) is 3.41. The first kappa shape index (κ1) is 10.9. The molecule has 5 nitrogen and oxygen atoms in total. The molecular formula is C12H11N3O2. The number of aromatic nitrogens is 1. The zero-order valence-electron chi connectivity index (χ0n) is 8.91. The number of phenolic OH excluding ortho intramolecular Hbond substituents is 2. The topological polar surface area (TPSA) is 77.7 Å². The lowest BCUT2D eigenvalue weighted by Crippen LogP contribution is -1.92. The fourth-order valence-corrected chi connectivity index (χ4v) is 1.22. The van der Waals surface area contributed by atoms with Crippen molar-refractivity contribution in [2.45, 2.75) is 0 Å². The van der Waals surface area contributed by atoms with Crippen molar-refractivity contribution in [2.24, 2.45) is 5.10 Å². The molecule has 2 rings (SSSR count). The molecule has 0 saturated heterocycles. The van der Waals surface area contributed by atoms with Crippen LogP contribution < -0.4 is 5.43 Å². The third kappa shape index (κ3) is 2.94. The highest BCUT2D eigenvalue weighted by Gasteiger charge is 1.97. The summed E-state index contributed by atoms with van der Waals surface area (Å²) >= 11 is 0. The van der Waals surface area contributed by atoms with Gasteiger partial charge >= 0.3 is 0 Å². The molecule has 1 heterocycles. The summed E-state index contributed by atoms with van der Waals surface area (Å²) in [4.78, 5) is 4.03. The summed E-state index contributed by atoms with van der Waals surface area (Å²) in [6.45, 7) is 0. The fraction of sp³-hybridized carbons (Fsp3) is 0. The molecule has 1 aromatic heterocycles. The van der Waals surface area contributed by atoms with Crippen molar-refractivity contribution < 1.29 is 10.2 Å². The number of aromatic hydroxyl groups is 2. The molecule has 0 atom stereocenters. The molecule has 0 amide bonds. The van der Waals surface area contributed by atoms with Gasteiger partial charge < -0.3 is 10.2 Å². The molecule has 0 saturated carbocycles. The second-order valence-corrected chi connectivity index (χ2v) is 3.33. The summed E-state index contributed by atoms with van der Waals surface area (Å²) in [6.07, 6.45) is 3.18. The van der Waals surface area contributed by atoms with Gasteiger partial charge in [-0.1, -0.05) is 6.07 Å². The minimum Gasteiger partial charge on any atom is -0.504 e. The van der Waals surface area contributed by atoms with Crippen molar-refractivity contribution in [3.05, 3.63) is 48.2 Å². The number of benzene rings is 1. The Bertz CT molecular complexity index is 527. The van der Waals surface area contributed by atoms with Crippen molar-refractivity contribution >= 4 is 12.0 Å². The molecule has 0 radical (unpaired) electrons. The maximum Gasteiger partial charge on any atom is 0.158 e. The van der Waals surface area contributed by atoms with E-state index in [-0.39, 0.29) is 11.5 Å². The number of phenols is 2. The first-order valence-corrected chi connectivity index (χ1v) is 4.98. The van der Waals surface area contributed by atoms with Crippen LogP contribution in [0.4, 0.5) is 5.82 Å². The van der Waals surface area contributed by atoms with E-state index in [0.717, 1.165) is 0 Å². The number of rotatable bonds is 3. The molecule has 5 heteroatoms. The monoisotopic (exact) mass is 229 g/mol. The van der Waals surface area contributed by atoms with Gasteiger partial charge in [-0.15, -0.1) is 0 Å². The van der Waals surface area contributed by atoms with Gasteiger partial charge in [-0.3, -0.25) is 5.43 Å². The Kier molecular flexibility index (Phi) is 3.20. The second-order valence-electron chi connectivity index (χ2n) is 3.33. The Balaban J connectivity index is 2.03. The van der Waals surface area contributed by atoms with Gasteiger partial charge in [0.05, 0.1) is 6.21 Å². The molecular weight excluding hydrogens is 218 g/mol. The normalized spacial score (nSPS) is 10.6. The number of anilines is 1. The third-order valence-corrected chi connectivity index (χ3v) is 2.06. The SMILES string of the molecule is Oc1ccc(/C=N/Nc2ccccn2)cc1O. The van der Waals surface area contributed by atoms with Crippen molar-refractivity contribution in [1.82, 2.24) is 4.98 Å². The number of nitrogens with zero attached hydrogens (tertiary/aromatic N) is 2. The van der Waals surface area contributed by atoms with Crippen LogP contribution in [0.2, 0.25) is 0 Å². The quantitative estimate of drug-likeness (QED) is 0.427. The van der Waals surface area contributed by atoms with Crippen LogP contribution in [0.15, 0.2) is 47.7 Å². The second kappa shape index (κ2) is 4.98. The van der Waals surface area contributed by atoms with Gasteiger partial charge in [0.1, 0.15) is 5.82 Å². The molecule has 17 heavy (non-hydrogen) atoms. The molecule has 0 unspecified atom stereocenters. The van der Waals surface area contributed by atoms with Gasteiger partial charge in [0.25, 0.3) is 0 Å².